The highest BCUT2D eigenvalue weighted by atomic mass is 16.1. The number of carbonyl (C=O) groups is 1. The van der Waals surface area contributed by atoms with Crippen molar-refractivity contribution in [3.05, 3.63) is 34.9 Å². The van der Waals surface area contributed by atoms with Gasteiger partial charge in [-0.3, -0.25) is 4.79 Å². The molecule has 1 N–H and O–H groups in total. The van der Waals surface area contributed by atoms with Crippen molar-refractivity contribution in [2.75, 3.05) is 6.54 Å². The van der Waals surface area contributed by atoms with Crippen LogP contribution in [0.5, 0.6) is 0 Å². The van der Waals surface area contributed by atoms with E-state index in [1.165, 1.54) is 30.4 Å². The second-order valence-corrected chi connectivity index (χ2v) is 5.98. The summed E-state index contributed by atoms with van der Waals surface area (Å²) < 4.78 is 0. The first-order valence-corrected chi connectivity index (χ1v) is 7.25. The van der Waals surface area contributed by atoms with E-state index >= 15 is 0 Å². The molecule has 18 heavy (non-hydrogen) atoms. The average molecular weight is 241 g/mol. The van der Waals surface area contributed by atoms with E-state index in [1.54, 1.807) is 0 Å². The van der Waals surface area contributed by atoms with E-state index in [0.717, 1.165) is 24.9 Å². The Bertz CT molecular complexity index is 508. The van der Waals surface area contributed by atoms with E-state index in [4.69, 9.17) is 0 Å². The summed E-state index contributed by atoms with van der Waals surface area (Å²) in [6, 6.07) is 6.78. The monoisotopic (exact) mass is 241 g/mol. The highest BCUT2D eigenvalue weighted by molar-refractivity contribution is 6.01. The van der Waals surface area contributed by atoms with Gasteiger partial charge in [0, 0.05) is 17.5 Å². The van der Waals surface area contributed by atoms with E-state index in [-0.39, 0.29) is 5.92 Å². The van der Waals surface area contributed by atoms with E-state index in [9.17, 15) is 4.79 Å². The maximum absolute atomic E-state index is 12.7. The van der Waals surface area contributed by atoms with Crippen molar-refractivity contribution in [1.82, 2.24) is 5.32 Å². The lowest BCUT2D eigenvalue weighted by Gasteiger charge is -2.44. The third kappa shape index (κ3) is 1.36. The molecule has 0 amide bonds. The molecule has 2 nitrogen and oxygen atoms in total. The Kier molecular flexibility index (Phi) is 2.34. The van der Waals surface area contributed by atoms with Crippen molar-refractivity contribution in [2.24, 2.45) is 11.8 Å². The number of hydrogen-bond acceptors (Lipinski definition) is 2. The minimum Gasteiger partial charge on any atom is -0.309 e. The van der Waals surface area contributed by atoms with Gasteiger partial charge in [-0.05, 0) is 42.9 Å². The van der Waals surface area contributed by atoms with Gasteiger partial charge in [0.15, 0.2) is 5.78 Å². The molecule has 1 aliphatic heterocycles. The Labute approximate surface area is 108 Å². The second kappa shape index (κ2) is 3.92. The predicted molar refractivity (Wildman–Crippen MR) is 70.7 cm³/mol. The summed E-state index contributed by atoms with van der Waals surface area (Å²) in [5, 5.41) is 3.68. The van der Waals surface area contributed by atoms with Gasteiger partial charge in [-0.25, -0.2) is 0 Å². The molecule has 1 aromatic rings. The lowest BCUT2D eigenvalue weighted by molar-refractivity contribution is 0.0735. The topological polar surface area (TPSA) is 29.1 Å². The Hall–Kier alpha value is -1.15. The van der Waals surface area contributed by atoms with E-state index in [0.29, 0.717) is 17.7 Å². The fraction of sp³-hybridized carbons (Fsp3) is 0.562. The van der Waals surface area contributed by atoms with E-state index in [1.807, 2.05) is 6.07 Å². The molecule has 0 radical (unpaired) electrons. The molecule has 1 saturated carbocycles. The molecule has 3 aliphatic rings. The summed E-state index contributed by atoms with van der Waals surface area (Å²) in [4.78, 5) is 12.7. The van der Waals surface area contributed by atoms with Crippen molar-refractivity contribution >= 4 is 5.78 Å². The molecular formula is C16H19NO. The lowest BCUT2D eigenvalue weighted by atomic mass is 9.64. The molecular weight excluding hydrogens is 222 g/mol. The number of carbonyl (C=O) groups excluding carboxylic acids is 1. The van der Waals surface area contributed by atoms with Crippen LogP contribution in [0.3, 0.4) is 0 Å². The third-order valence-corrected chi connectivity index (χ3v) is 5.12. The number of benzene rings is 1. The summed E-state index contributed by atoms with van der Waals surface area (Å²) in [6.45, 7) is 1.07. The zero-order valence-electron chi connectivity index (χ0n) is 10.6. The summed E-state index contributed by atoms with van der Waals surface area (Å²) in [6.07, 6.45) is 5.93. The highest BCUT2D eigenvalue weighted by Gasteiger charge is 2.44. The van der Waals surface area contributed by atoms with Crippen LogP contribution in [0, 0.1) is 11.8 Å². The fourth-order valence-corrected chi connectivity index (χ4v) is 4.33. The molecule has 0 aromatic heterocycles. The molecule has 3 atom stereocenters. The molecule has 4 rings (SSSR count). The average Bonchev–Trinajstić information content (AvgIpc) is 2.44. The quantitative estimate of drug-likeness (QED) is 0.756. The first kappa shape index (κ1) is 10.7. The largest absolute Gasteiger partial charge is 0.309 e. The number of nitrogens with one attached hydrogen (secondary N) is 1. The number of ketones is 1. The molecule has 1 aromatic carbocycles. The van der Waals surface area contributed by atoms with Gasteiger partial charge >= 0.3 is 0 Å². The fourth-order valence-electron chi connectivity index (χ4n) is 4.33. The van der Waals surface area contributed by atoms with Crippen LogP contribution < -0.4 is 5.32 Å². The maximum Gasteiger partial charge on any atom is 0.166 e. The predicted octanol–water partition coefficient (Wildman–Crippen LogP) is 2.88. The van der Waals surface area contributed by atoms with E-state index < -0.39 is 0 Å². The van der Waals surface area contributed by atoms with Crippen molar-refractivity contribution in [2.45, 2.75) is 38.1 Å². The van der Waals surface area contributed by atoms with Crippen LogP contribution >= 0.6 is 0 Å². The van der Waals surface area contributed by atoms with Crippen molar-refractivity contribution in [3.63, 3.8) is 0 Å². The molecule has 0 spiro atoms. The zero-order chi connectivity index (χ0) is 12.1. The summed E-state index contributed by atoms with van der Waals surface area (Å²) >= 11 is 0. The Morgan fingerprint density at radius 2 is 2.06 bits per heavy atom. The van der Waals surface area contributed by atoms with Crippen molar-refractivity contribution in [1.29, 1.82) is 0 Å². The Morgan fingerprint density at radius 3 is 3.00 bits per heavy atom. The van der Waals surface area contributed by atoms with Crippen LogP contribution in [0.15, 0.2) is 18.2 Å². The maximum atomic E-state index is 12.7. The number of fused-ring (bicyclic) bond motifs is 2. The van der Waals surface area contributed by atoms with Gasteiger partial charge in [-0.2, -0.15) is 0 Å². The molecule has 2 heteroatoms. The Morgan fingerprint density at radius 1 is 1.17 bits per heavy atom. The normalized spacial score (nSPS) is 33.8. The SMILES string of the molecule is O=C1c2cccc3c2C(NCC3)C2CCCCC12. The van der Waals surface area contributed by atoms with Crippen molar-refractivity contribution in [3.8, 4) is 0 Å². The lowest BCUT2D eigenvalue weighted by Crippen LogP contribution is -2.45. The van der Waals surface area contributed by atoms with Gasteiger partial charge in [0.25, 0.3) is 0 Å². The molecule has 2 aliphatic carbocycles. The number of rotatable bonds is 0. The summed E-state index contributed by atoms with van der Waals surface area (Å²) in [5.74, 6) is 1.27. The summed E-state index contributed by atoms with van der Waals surface area (Å²) in [5.41, 5.74) is 3.78. The van der Waals surface area contributed by atoms with Crippen molar-refractivity contribution < 1.29 is 4.79 Å². The first-order chi connectivity index (χ1) is 8.86. The van der Waals surface area contributed by atoms with Crippen LogP contribution in [-0.2, 0) is 6.42 Å². The molecule has 1 fully saturated rings. The Balaban J connectivity index is 1.90. The first-order valence-electron chi connectivity index (χ1n) is 7.25. The molecule has 0 saturated heterocycles. The van der Waals surface area contributed by atoms with Crippen LogP contribution in [0.1, 0.15) is 53.2 Å². The molecule has 3 unspecified atom stereocenters. The van der Waals surface area contributed by atoms with Crippen LogP contribution in [0.2, 0.25) is 0 Å². The number of hydrogen-bond donors (Lipinski definition) is 1. The van der Waals surface area contributed by atoms with Gasteiger partial charge < -0.3 is 5.32 Å². The minimum atomic E-state index is 0.289. The van der Waals surface area contributed by atoms with Gasteiger partial charge in [0.05, 0.1) is 0 Å². The standard InChI is InChI=1S/C16H19NO/c18-16-12-6-2-1-5-11(12)15-14-10(8-9-17-15)4-3-7-13(14)16/h3-4,7,11-12,15,17H,1-2,5-6,8-9H2. The summed E-state index contributed by atoms with van der Waals surface area (Å²) in [7, 11) is 0. The van der Waals surface area contributed by atoms with E-state index in [2.05, 4.69) is 17.4 Å². The molecule has 94 valence electrons. The van der Waals surface area contributed by atoms with Gasteiger partial charge in [-0.1, -0.05) is 31.0 Å². The van der Waals surface area contributed by atoms with Gasteiger partial charge in [-0.15, -0.1) is 0 Å². The minimum absolute atomic E-state index is 0.289. The van der Waals surface area contributed by atoms with Crippen LogP contribution in [0.4, 0.5) is 0 Å². The third-order valence-electron chi connectivity index (χ3n) is 5.12. The molecule has 1 heterocycles. The number of Topliss-reactive ketones (excluding diaryl/α,β-unsaturated/α-hetero) is 1. The van der Waals surface area contributed by atoms with Gasteiger partial charge in [0.2, 0.25) is 0 Å². The highest BCUT2D eigenvalue weighted by Crippen LogP contribution is 2.47. The van der Waals surface area contributed by atoms with Crippen LogP contribution in [-0.4, -0.2) is 12.3 Å². The zero-order valence-corrected chi connectivity index (χ0v) is 10.6. The molecule has 0 bridgehead atoms. The van der Waals surface area contributed by atoms with Gasteiger partial charge in [0.1, 0.15) is 0 Å². The second-order valence-electron chi connectivity index (χ2n) is 5.98. The van der Waals surface area contributed by atoms with Crippen LogP contribution in [0.25, 0.3) is 0 Å². The smallest absolute Gasteiger partial charge is 0.166 e.